The average molecular weight is 2020 g/mol. The number of aliphatic hydroxyl groups excluding tert-OH is 2. The Bertz CT molecular complexity index is 6460. The maximum Gasteiger partial charge on any atom is 0.417 e. The number of likely N-dealkylation sites (tertiary alicyclic amines) is 2. The van der Waals surface area contributed by atoms with E-state index >= 15 is 0 Å². The van der Waals surface area contributed by atoms with Crippen molar-refractivity contribution in [3.8, 4) is 63.0 Å². The Hall–Kier alpha value is -13.6. The lowest BCUT2D eigenvalue weighted by atomic mass is 9.48. The summed E-state index contributed by atoms with van der Waals surface area (Å²) in [6.45, 7) is 23.6. The monoisotopic (exact) mass is 2020 g/mol. The summed E-state index contributed by atoms with van der Waals surface area (Å²) in [6, 6.07) is 42.9. The largest absolute Gasteiger partial charge is 0.493 e. The second-order valence-electron chi connectivity index (χ2n) is 40.1. The highest BCUT2D eigenvalue weighted by molar-refractivity contribution is 7.81. The minimum Gasteiger partial charge on any atom is -0.493 e. The second-order valence-corrected chi connectivity index (χ2v) is 41.7. The molecule has 6 aliphatic rings. The van der Waals surface area contributed by atoms with Crippen molar-refractivity contribution in [1.29, 1.82) is 10.5 Å². The summed E-state index contributed by atoms with van der Waals surface area (Å²) >= 11 is 13.0. The maximum atomic E-state index is 14.1. The van der Waals surface area contributed by atoms with Crippen molar-refractivity contribution in [2.45, 2.75) is 201 Å². The number of amides is 8. The van der Waals surface area contributed by atoms with Gasteiger partial charge in [-0.1, -0.05) is 102 Å². The molecular formula is C106H111F6N13O15S3. The predicted octanol–water partition coefficient (Wildman–Crippen LogP) is 16.2. The molecule has 37 heteroatoms. The fraction of sp³-hybridized carbons (Fsp3) is 0.406. The van der Waals surface area contributed by atoms with Crippen LogP contribution in [-0.4, -0.2) is 176 Å². The van der Waals surface area contributed by atoms with E-state index in [4.69, 9.17) is 47.8 Å². The molecule has 15 rings (SSSR count). The topological polar surface area (TPSA) is 355 Å². The van der Waals surface area contributed by atoms with E-state index in [1.807, 2.05) is 88.5 Å². The number of anilines is 4. The average Bonchev–Trinajstić information content (AvgIpc) is 1.72. The molecule has 1 spiro atoms. The van der Waals surface area contributed by atoms with Crippen molar-refractivity contribution in [3.05, 3.63) is 226 Å². The Morgan fingerprint density at radius 3 is 1.50 bits per heavy atom. The molecule has 6 heterocycles. The molecule has 7 atom stereocenters. The van der Waals surface area contributed by atoms with Gasteiger partial charge in [0.05, 0.1) is 82.9 Å². The van der Waals surface area contributed by atoms with Gasteiger partial charge in [0.1, 0.15) is 65.7 Å². The Balaban J connectivity index is 0.000000227. The number of hydrogen-bond donors (Lipinski definition) is 6. The number of nitrogens with zero attached hydrogens (tertiary/aromatic N) is 9. The fourth-order valence-electron chi connectivity index (χ4n) is 19.1. The number of rotatable bonds is 28. The van der Waals surface area contributed by atoms with Gasteiger partial charge in [0, 0.05) is 59.9 Å². The van der Waals surface area contributed by atoms with Crippen LogP contribution in [0.3, 0.4) is 0 Å². The number of benzene rings is 7. The molecule has 0 unspecified atom stereocenters. The summed E-state index contributed by atoms with van der Waals surface area (Å²) in [6.07, 6.45) is -5.97. The van der Waals surface area contributed by atoms with Crippen molar-refractivity contribution >= 4 is 116 Å². The van der Waals surface area contributed by atoms with Crippen LogP contribution in [0.4, 0.5) is 49.1 Å². The van der Waals surface area contributed by atoms with E-state index in [0.29, 0.717) is 65.0 Å². The molecule has 4 saturated heterocycles. The molecule has 750 valence electrons. The number of carbonyl (C=O) groups excluding carboxylic acids is 8. The van der Waals surface area contributed by atoms with Gasteiger partial charge in [-0.25, -0.2) is 4.98 Å². The van der Waals surface area contributed by atoms with E-state index in [0.717, 1.165) is 87.7 Å². The van der Waals surface area contributed by atoms with Gasteiger partial charge in [0.2, 0.25) is 29.5 Å². The molecule has 2 aliphatic carbocycles. The van der Waals surface area contributed by atoms with Crippen LogP contribution in [0.15, 0.2) is 180 Å². The van der Waals surface area contributed by atoms with Crippen LogP contribution in [0.25, 0.3) is 21.8 Å². The number of hydrogen-bond acceptors (Lipinski definition) is 21. The Labute approximate surface area is 839 Å². The first-order valence-electron chi connectivity index (χ1n) is 46.6. The number of oxazole rings is 1. The highest BCUT2D eigenvalue weighted by Crippen LogP contribution is 2.61. The minimum atomic E-state index is -4.82. The number of aromatic nitrogens is 1. The molecule has 2 aromatic heterocycles. The third-order valence-corrected chi connectivity index (χ3v) is 28.3. The van der Waals surface area contributed by atoms with Gasteiger partial charge >= 0.3 is 12.4 Å². The zero-order valence-corrected chi connectivity index (χ0v) is 83.5. The van der Waals surface area contributed by atoms with E-state index in [1.54, 1.807) is 148 Å². The van der Waals surface area contributed by atoms with Gasteiger partial charge < -0.3 is 74.4 Å². The third-order valence-electron chi connectivity index (χ3n) is 26.5. The Morgan fingerprint density at radius 2 is 1.03 bits per heavy atom. The lowest BCUT2D eigenvalue weighted by Gasteiger charge is -2.57. The van der Waals surface area contributed by atoms with Crippen LogP contribution >= 0.6 is 35.8 Å². The molecule has 2 saturated carbocycles. The third kappa shape index (κ3) is 23.7. The summed E-state index contributed by atoms with van der Waals surface area (Å²) in [4.78, 5) is 122. The number of aryl methyl sites for hydroxylation is 2. The van der Waals surface area contributed by atoms with Gasteiger partial charge in [-0.3, -0.25) is 48.2 Å². The minimum absolute atomic E-state index is 0.00677. The summed E-state index contributed by atoms with van der Waals surface area (Å²) in [5.74, 6) is 4.91. The first kappa shape index (κ1) is 105. The normalized spacial score (nSPS) is 20.3. The number of ether oxygens (including phenoxy) is 4. The maximum absolute atomic E-state index is 14.1. The van der Waals surface area contributed by atoms with Gasteiger partial charge in [-0.05, 0) is 270 Å². The van der Waals surface area contributed by atoms with Crippen LogP contribution in [0.5, 0.6) is 17.2 Å². The molecule has 9 aromatic rings. The Morgan fingerprint density at radius 1 is 0.573 bits per heavy atom. The molecule has 143 heavy (non-hydrogen) atoms. The van der Waals surface area contributed by atoms with Gasteiger partial charge in [-0.2, -0.15) is 36.9 Å². The van der Waals surface area contributed by atoms with Gasteiger partial charge in [-0.15, -0.1) is 11.3 Å². The molecule has 0 radical (unpaired) electrons. The highest BCUT2D eigenvalue weighted by atomic mass is 32.1. The van der Waals surface area contributed by atoms with E-state index < -0.39 is 153 Å². The number of nitrogens with one attached hydrogen (secondary N) is 4. The first-order chi connectivity index (χ1) is 67.4. The zero-order valence-electron chi connectivity index (χ0n) is 81.1. The molecule has 8 amide bonds. The first-order valence-corrected chi connectivity index (χ1v) is 48.3. The summed E-state index contributed by atoms with van der Waals surface area (Å²) in [5, 5.41) is 53.3. The number of thiocarbonyl (C=S) groups is 2. The Kier molecular flexibility index (Phi) is 31.3. The number of aliphatic hydroxyl groups is 2. The summed E-state index contributed by atoms with van der Waals surface area (Å²) in [7, 11) is 0. The molecule has 6 N–H and O–H groups in total. The molecule has 28 nitrogen and oxygen atoms in total. The highest BCUT2D eigenvalue weighted by Gasteiger charge is 2.56. The second kappa shape index (κ2) is 42.5. The molecular weight excluding hydrogens is 1910 g/mol. The van der Waals surface area contributed by atoms with Crippen molar-refractivity contribution < 1.29 is 98.3 Å². The zero-order chi connectivity index (χ0) is 103. The van der Waals surface area contributed by atoms with Gasteiger partial charge in [0.25, 0.3) is 17.7 Å². The quantitative estimate of drug-likeness (QED) is 0.0151. The number of thiophene rings is 1. The van der Waals surface area contributed by atoms with Crippen molar-refractivity contribution in [2.75, 3.05) is 65.7 Å². The molecule has 0 bridgehead atoms. The lowest BCUT2D eigenvalue weighted by molar-refractivity contribution is -0.145. The van der Waals surface area contributed by atoms with Crippen LogP contribution in [-0.2, 0) is 62.0 Å². The standard InChI is InChI=1S/C53H60F3N7O8S.C53H51F3N6O7S2/c1-30(34-8-10-35(11-9-34)44-31(2)58-29-71-44)59-46(66)42-19-39(64)25-61(42)47(67)45(50(3,4)5)60-43(65)28-69-26-32-20-52(21-32)22-33(23-52)27-70-40-16-14-37(15-17-40)63-49(72)62(48(68)51(63,6)7)38-13-12-36(24-57)41(18-38)53(54,55)56;1-32-23-25-71-45(32)35-13-9-34(10-14-35)29-58-47(65)43-27-39(63)30-60(43)48(66)46(51(2,3)4)59-44(64)31-69-41-21-19-40(20-22-41)68-24-7-8-33-11-16-37(17-12-33)62-50(70)61(49(67)52(62,5)6)38-18-15-36(28-57)42(26-38)53(54,55)56/h8-18,29-30,32-33,39,42,45,64H,19-23,25-28H2,1-7H3,(H,59,66)(H,60,65);9-23,25-26,39,43,46,63H,24,27,29-31H2,1-6H3,(H,58,65)(H,59,64)/t30-,32?,33?,39+,42-,45+,52?;39-,43+,46-/m01/s1. The van der Waals surface area contributed by atoms with Crippen LogP contribution in [0.1, 0.15) is 171 Å². The fourth-order valence-corrected chi connectivity index (χ4v) is 21.0. The molecule has 7 aromatic carbocycles. The number of β-amino-alcohol motifs (C(OH)–C–C–N with tert-alkyl or cyclic N) is 2. The van der Waals surface area contributed by atoms with E-state index in [9.17, 15) is 85.4 Å². The van der Waals surface area contributed by atoms with E-state index in [2.05, 4.69) is 51.1 Å². The van der Waals surface area contributed by atoms with E-state index in [1.165, 1.54) is 44.8 Å². The lowest BCUT2D eigenvalue weighted by Crippen LogP contribution is -2.58. The summed E-state index contributed by atoms with van der Waals surface area (Å²) < 4.78 is 112. The number of carbonyl (C=O) groups is 8. The SMILES string of the molecule is Cc1ccsc1-c1ccc(CNC(=O)[C@@H]2C[C@@H](O)CN2C(=O)[C@@H](NC(=O)COc2ccc(OCC#Cc3ccc(N4C(=S)N(c5ccc(C#N)c(C(F)(F)F)c5)C(=O)C4(C)C)cc3)cc2)C(C)(C)C)cc1.Cc1ncoc1-c1ccc([C@H](C)NC(=O)[C@@H]2C[C@@H](O)CN2C(=O)[C@@H](NC(=O)COCC2CC3(C2)CC(COc2ccc(N4C(=S)N(c5ccc(C#N)c(C(F)(F)F)c5)C(=O)C4(C)C)cc2)C3)C(C)(C)C)cc1. The van der Waals surface area contributed by atoms with Gasteiger partial charge in [0.15, 0.2) is 29.0 Å². The van der Waals surface area contributed by atoms with E-state index in [-0.39, 0.29) is 72.7 Å². The van der Waals surface area contributed by atoms with Crippen LogP contribution < -0.4 is 55.1 Å². The van der Waals surface area contributed by atoms with Crippen molar-refractivity contribution in [3.63, 3.8) is 0 Å². The smallest absolute Gasteiger partial charge is 0.417 e. The van der Waals surface area contributed by atoms with Crippen molar-refractivity contribution in [2.24, 2.45) is 28.1 Å². The van der Waals surface area contributed by atoms with Crippen molar-refractivity contribution in [1.82, 2.24) is 36.1 Å². The number of nitriles is 2. The summed E-state index contributed by atoms with van der Waals surface area (Å²) in [5.41, 5.74) is -0.0328. The van der Waals surface area contributed by atoms with Crippen LogP contribution in [0, 0.1) is 76.4 Å². The van der Waals surface area contributed by atoms with Crippen LogP contribution in [0.2, 0.25) is 0 Å². The number of halogens is 6. The number of alkyl halides is 6. The predicted molar refractivity (Wildman–Crippen MR) is 532 cm³/mol. The molecule has 6 fully saturated rings. The molecule has 4 aliphatic heterocycles.